The molecule has 0 aliphatic carbocycles. The lowest BCUT2D eigenvalue weighted by Gasteiger charge is -2.15. The Kier molecular flexibility index (Phi) is 39.1. The lowest BCUT2D eigenvalue weighted by molar-refractivity contribution is -0.147. The second-order valence-electron chi connectivity index (χ2n) is 14.3. The zero-order valence-electron chi connectivity index (χ0n) is 34.4. The van der Waals surface area contributed by atoms with E-state index in [1.807, 2.05) is 0 Å². The summed E-state index contributed by atoms with van der Waals surface area (Å²) in [5, 5.41) is 12.7. The monoisotopic (exact) mass is 782 g/mol. The summed E-state index contributed by atoms with van der Waals surface area (Å²) in [5.74, 6) is -0.535. The minimum atomic E-state index is -4.42. The lowest BCUT2D eigenvalue weighted by atomic mass is 10.0. The Bertz CT molecular complexity index is 1030. The Balaban J connectivity index is 3.65. The average molecular weight is 782 g/mol. The van der Waals surface area contributed by atoms with Crippen molar-refractivity contribution >= 4 is 19.7 Å². The van der Waals surface area contributed by atoms with Gasteiger partial charge in [-0.05, 0) is 57.8 Å². The molecule has 314 valence electrons. The van der Waals surface area contributed by atoms with Crippen LogP contribution in [0.4, 0.5) is 0 Å². The number of aliphatic hydroxyl groups is 1. The van der Waals surface area contributed by atoms with Crippen LogP contribution in [0.25, 0.3) is 0 Å². The van der Waals surface area contributed by atoms with E-state index < -0.39 is 26.5 Å². The van der Waals surface area contributed by atoms with Crippen molar-refractivity contribution in [2.45, 2.75) is 193 Å². The predicted octanol–water partition coefficient (Wildman–Crippen LogP) is 11.9. The molecule has 0 aromatic heterocycles. The summed E-state index contributed by atoms with van der Waals surface area (Å²) in [7, 11) is -4.42. The van der Waals surface area contributed by atoms with Gasteiger partial charge in [-0.15, -0.1) is 0 Å². The second-order valence-corrected chi connectivity index (χ2v) is 15.8. The van der Waals surface area contributed by atoms with Crippen LogP contribution >= 0.6 is 7.82 Å². The maximum absolute atomic E-state index is 12.1. The van der Waals surface area contributed by atoms with Crippen LogP contribution in [-0.2, 0) is 27.9 Å². The van der Waals surface area contributed by atoms with Crippen molar-refractivity contribution < 1.29 is 37.9 Å². The van der Waals surface area contributed by atoms with Crippen LogP contribution in [0.3, 0.4) is 0 Å². The van der Waals surface area contributed by atoms with Gasteiger partial charge in [0.25, 0.3) is 0 Å². The zero-order chi connectivity index (χ0) is 39.6. The van der Waals surface area contributed by atoms with Crippen molar-refractivity contribution in [1.82, 2.24) is 5.32 Å². The number of carbonyl (C=O) groups excluding carboxylic acids is 2. The molecule has 1 amide bonds. The van der Waals surface area contributed by atoms with Gasteiger partial charge in [-0.1, -0.05) is 165 Å². The van der Waals surface area contributed by atoms with Crippen molar-refractivity contribution in [3.05, 3.63) is 48.6 Å². The third-order valence-corrected chi connectivity index (χ3v) is 10.00. The highest BCUT2D eigenvalue weighted by Crippen LogP contribution is 2.42. The Morgan fingerprint density at radius 1 is 0.574 bits per heavy atom. The van der Waals surface area contributed by atoms with Gasteiger partial charge in [-0.25, -0.2) is 4.57 Å². The Hall–Kier alpha value is -2.03. The quantitative estimate of drug-likeness (QED) is 0.0242. The van der Waals surface area contributed by atoms with Gasteiger partial charge in [0.2, 0.25) is 5.91 Å². The number of hydrogen-bond donors (Lipinski definition) is 3. The first kappa shape index (κ1) is 52.0. The number of hydrogen-bond acceptors (Lipinski definition) is 7. The third kappa shape index (κ3) is 41.1. The molecule has 0 heterocycles. The number of rotatable bonds is 40. The molecule has 2 unspecified atom stereocenters. The number of esters is 1. The fraction of sp³-hybridized carbons (Fsp3) is 0.773. The van der Waals surface area contributed by atoms with E-state index in [9.17, 15) is 24.2 Å². The normalized spacial score (nSPS) is 13.8. The zero-order valence-corrected chi connectivity index (χ0v) is 35.3. The fourth-order valence-electron chi connectivity index (χ4n) is 5.72. The van der Waals surface area contributed by atoms with E-state index in [0.29, 0.717) is 12.8 Å². The van der Waals surface area contributed by atoms with E-state index in [4.69, 9.17) is 13.8 Å². The van der Waals surface area contributed by atoms with Crippen molar-refractivity contribution in [2.75, 3.05) is 26.4 Å². The Morgan fingerprint density at radius 2 is 1.00 bits per heavy atom. The first-order chi connectivity index (χ1) is 26.3. The van der Waals surface area contributed by atoms with E-state index in [0.717, 1.165) is 70.6 Å². The van der Waals surface area contributed by atoms with E-state index in [1.165, 1.54) is 83.5 Å². The van der Waals surface area contributed by atoms with Crippen LogP contribution in [0.2, 0.25) is 0 Å². The number of amides is 1. The number of allylic oxidation sites excluding steroid dienone is 8. The van der Waals surface area contributed by atoms with E-state index in [-0.39, 0.29) is 32.1 Å². The molecule has 0 spiro atoms. The average Bonchev–Trinajstić information content (AvgIpc) is 3.16. The molecule has 54 heavy (non-hydrogen) atoms. The van der Waals surface area contributed by atoms with Crippen molar-refractivity contribution in [3.63, 3.8) is 0 Å². The van der Waals surface area contributed by atoms with E-state index in [2.05, 4.69) is 67.8 Å². The van der Waals surface area contributed by atoms with Crippen LogP contribution in [0.5, 0.6) is 0 Å². The molecule has 0 saturated carbocycles. The number of nitrogens with one attached hydrogen (secondary N) is 1. The maximum atomic E-state index is 12.1. The highest BCUT2D eigenvalue weighted by molar-refractivity contribution is 7.47. The minimum Gasteiger partial charge on any atom is -0.463 e. The van der Waals surface area contributed by atoms with Gasteiger partial charge in [-0.3, -0.25) is 18.6 Å². The molecule has 2 atom stereocenters. The topological polar surface area (TPSA) is 131 Å². The molecule has 0 aliphatic heterocycles. The fourth-order valence-corrected chi connectivity index (χ4v) is 6.47. The first-order valence-corrected chi connectivity index (χ1v) is 23.1. The first-order valence-electron chi connectivity index (χ1n) is 21.6. The standard InChI is InChI=1S/C44H80NO8P/c1-3-5-7-9-11-13-15-17-18-19-20-21-22-23-24-25-27-29-31-33-35-37-44(48)51-40-42(46)41-53-54(49,50)52-39-38-45-43(47)36-34-32-30-28-26-16-14-12-10-8-6-4-2/h11,13,17-18,20-21,23-24,42,46H,3-10,12,14-16,19,22,25-41H2,1-2H3,(H,45,47)(H,49,50)/b13-11-,18-17-,21-20-,24-23-. The van der Waals surface area contributed by atoms with Crippen molar-refractivity contribution in [3.8, 4) is 0 Å². The summed E-state index contributed by atoms with van der Waals surface area (Å²) in [6.45, 7) is 3.50. The number of carbonyl (C=O) groups is 2. The number of phosphoric acid groups is 1. The molecule has 0 bridgehead atoms. The summed E-state index contributed by atoms with van der Waals surface area (Å²) < 4.78 is 26.8. The summed E-state index contributed by atoms with van der Waals surface area (Å²) in [5.41, 5.74) is 0. The molecule has 9 nitrogen and oxygen atoms in total. The van der Waals surface area contributed by atoms with Gasteiger partial charge < -0.3 is 20.1 Å². The Labute approximate surface area is 330 Å². The smallest absolute Gasteiger partial charge is 0.463 e. The SMILES string of the molecule is CCCCC/C=C\C/C=C\C/C=C\C/C=C\CCCCCCCC(=O)OCC(O)COP(=O)(O)OCCNC(=O)CCCCCCCCCCCCCC. The number of phosphoric ester groups is 1. The lowest BCUT2D eigenvalue weighted by Crippen LogP contribution is -2.27. The molecular formula is C44H80NO8P. The van der Waals surface area contributed by atoms with Gasteiger partial charge in [0, 0.05) is 19.4 Å². The summed E-state index contributed by atoms with van der Waals surface area (Å²) >= 11 is 0. The second kappa shape index (κ2) is 40.6. The molecule has 0 rings (SSSR count). The van der Waals surface area contributed by atoms with Crippen LogP contribution in [0.1, 0.15) is 187 Å². The predicted molar refractivity (Wildman–Crippen MR) is 224 cm³/mol. The van der Waals surface area contributed by atoms with Gasteiger partial charge in [0.05, 0.1) is 13.2 Å². The van der Waals surface area contributed by atoms with Gasteiger partial charge in [0.1, 0.15) is 12.7 Å². The molecule has 0 radical (unpaired) electrons. The van der Waals surface area contributed by atoms with Gasteiger partial charge in [-0.2, -0.15) is 0 Å². The molecular weight excluding hydrogens is 701 g/mol. The molecule has 3 N–H and O–H groups in total. The molecule has 0 aliphatic rings. The van der Waals surface area contributed by atoms with Crippen molar-refractivity contribution in [2.24, 2.45) is 0 Å². The molecule has 10 heteroatoms. The molecule has 0 aromatic carbocycles. The van der Waals surface area contributed by atoms with E-state index in [1.54, 1.807) is 0 Å². The van der Waals surface area contributed by atoms with Gasteiger partial charge >= 0.3 is 13.8 Å². The highest BCUT2D eigenvalue weighted by atomic mass is 31.2. The molecule has 0 fully saturated rings. The maximum Gasteiger partial charge on any atom is 0.472 e. The van der Waals surface area contributed by atoms with Crippen LogP contribution < -0.4 is 5.32 Å². The van der Waals surface area contributed by atoms with Crippen LogP contribution in [-0.4, -0.2) is 54.3 Å². The number of ether oxygens (including phenoxy) is 1. The Morgan fingerprint density at radius 3 is 1.54 bits per heavy atom. The molecule has 0 saturated heterocycles. The van der Waals surface area contributed by atoms with E-state index >= 15 is 0 Å². The summed E-state index contributed by atoms with van der Waals surface area (Å²) in [6.07, 6.45) is 46.1. The van der Waals surface area contributed by atoms with Crippen LogP contribution in [0.15, 0.2) is 48.6 Å². The van der Waals surface area contributed by atoms with Crippen molar-refractivity contribution in [1.29, 1.82) is 0 Å². The molecule has 0 aromatic rings. The minimum absolute atomic E-state index is 0.0799. The number of aliphatic hydroxyl groups excluding tert-OH is 1. The third-order valence-electron chi connectivity index (χ3n) is 9.01. The highest BCUT2D eigenvalue weighted by Gasteiger charge is 2.23. The summed E-state index contributed by atoms with van der Waals surface area (Å²) in [4.78, 5) is 33.9. The summed E-state index contributed by atoms with van der Waals surface area (Å²) in [6, 6.07) is 0. The largest absolute Gasteiger partial charge is 0.472 e. The van der Waals surface area contributed by atoms with Gasteiger partial charge in [0.15, 0.2) is 0 Å². The van der Waals surface area contributed by atoms with Crippen LogP contribution in [0, 0.1) is 0 Å². The number of unbranched alkanes of at least 4 members (excludes halogenated alkanes) is 19.